The first-order valence-corrected chi connectivity index (χ1v) is 6.30. The second-order valence-electron chi connectivity index (χ2n) is 5.16. The molecule has 0 amide bonds. The van der Waals surface area contributed by atoms with Crippen LogP contribution in [0.3, 0.4) is 0 Å². The highest BCUT2D eigenvalue weighted by Gasteiger charge is 2.38. The Labute approximate surface area is 107 Å². The summed E-state index contributed by atoms with van der Waals surface area (Å²) in [7, 11) is 1.51. The van der Waals surface area contributed by atoms with E-state index >= 15 is 0 Å². The predicted octanol–water partition coefficient (Wildman–Crippen LogP) is 2.96. The lowest BCUT2D eigenvalue weighted by Crippen LogP contribution is -2.43. The second-order valence-corrected chi connectivity index (χ2v) is 5.16. The number of hydrogen-bond donors (Lipinski definition) is 1. The summed E-state index contributed by atoms with van der Waals surface area (Å²) in [6.45, 7) is 3.85. The van der Waals surface area contributed by atoms with Crippen LogP contribution in [-0.4, -0.2) is 13.2 Å². The summed E-state index contributed by atoms with van der Waals surface area (Å²) in [6.07, 6.45) is 2.77. The lowest BCUT2D eigenvalue weighted by atomic mass is 9.72. The van der Waals surface area contributed by atoms with Gasteiger partial charge in [0, 0.05) is 17.2 Å². The standard InChI is InChI=1S/C14H20FNO2/c1-9(2)18-13-11(14(16)5-4-6-14)7-10(15)8-12(13)17-3/h7-9H,4-6,16H2,1-3H3. The van der Waals surface area contributed by atoms with Crippen LogP contribution in [0.25, 0.3) is 0 Å². The van der Waals surface area contributed by atoms with Crippen molar-refractivity contribution in [3.05, 3.63) is 23.5 Å². The summed E-state index contributed by atoms with van der Waals surface area (Å²) < 4.78 is 24.6. The van der Waals surface area contributed by atoms with Crippen molar-refractivity contribution in [1.82, 2.24) is 0 Å². The molecule has 0 radical (unpaired) electrons. The van der Waals surface area contributed by atoms with Crippen LogP contribution in [0.4, 0.5) is 4.39 Å². The predicted molar refractivity (Wildman–Crippen MR) is 68.4 cm³/mol. The summed E-state index contributed by atoms with van der Waals surface area (Å²) >= 11 is 0. The lowest BCUT2D eigenvalue weighted by molar-refractivity contribution is 0.200. The summed E-state index contributed by atoms with van der Waals surface area (Å²) in [4.78, 5) is 0. The molecule has 1 fully saturated rings. The third-order valence-corrected chi connectivity index (χ3v) is 3.38. The molecule has 1 aliphatic carbocycles. The topological polar surface area (TPSA) is 44.5 Å². The highest BCUT2D eigenvalue weighted by Crippen LogP contribution is 2.46. The first-order chi connectivity index (χ1) is 8.46. The fourth-order valence-corrected chi connectivity index (χ4v) is 2.27. The first kappa shape index (κ1) is 13.1. The largest absolute Gasteiger partial charge is 0.493 e. The minimum atomic E-state index is -0.473. The second kappa shape index (κ2) is 4.76. The van der Waals surface area contributed by atoms with Crippen molar-refractivity contribution >= 4 is 0 Å². The molecule has 0 atom stereocenters. The normalized spacial score (nSPS) is 17.4. The third kappa shape index (κ3) is 2.29. The van der Waals surface area contributed by atoms with Gasteiger partial charge in [-0.25, -0.2) is 4.39 Å². The third-order valence-electron chi connectivity index (χ3n) is 3.38. The lowest BCUT2D eigenvalue weighted by Gasteiger charge is -2.40. The van der Waals surface area contributed by atoms with E-state index in [1.807, 2.05) is 13.8 Å². The molecule has 1 aliphatic rings. The van der Waals surface area contributed by atoms with Gasteiger partial charge in [-0.05, 0) is 39.2 Å². The molecule has 1 aromatic rings. The summed E-state index contributed by atoms with van der Waals surface area (Å²) in [6, 6.07) is 2.81. The van der Waals surface area contributed by atoms with Crippen molar-refractivity contribution in [3.8, 4) is 11.5 Å². The molecule has 100 valence electrons. The van der Waals surface area contributed by atoms with E-state index in [-0.39, 0.29) is 11.9 Å². The van der Waals surface area contributed by atoms with E-state index in [9.17, 15) is 4.39 Å². The quantitative estimate of drug-likeness (QED) is 0.897. The number of methoxy groups -OCH3 is 1. The van der Waals surface area contributed by atoms with E-state index in [2.05, 4.69) is 0 Å². The van der Waals surface area contributed by atoms with Crippen molar-refractivity contribution in [3.63, 3.8) is 0 Å². The number of nitrogens with two attached hydrogens (primary N) is 1. The smallest absolute Gasteiger partial charge is 0.166 e. The van der Waals surface area contributed by atoms with E-state index in [0.29, 0.717) is 11.5 Å². The van der Waals surface area contributed by atoms with Crippen molar-refractivity contribution in [2.75, 3.05) is 7.11 Å². The molecule has 0 bridgehead atoms. The summed E-state index contributed by atoms with van der Waals surface area (Å²) in [5.74, 6) is 0.654. The van der Waals surface area contributed by atoms with Gasteiger partial charge in [0.15, 0.2) is 11.5 Å². The van der Waals surface area contributed by atoms with Gasteiger partial charge in [-0.15, -0.1) is 0 Å². The average molecular weight is 253 g/mol. The van der Waals surface area contributed by atoms with Gasteiger partial charge < -0.3 is 15.2 Å². The Morgan fingerprint density at radius 3 is 2.44 bits per heavy atom. The van der Waals surface area contributed by atoms with E-state index in [0.717, 1.165) is 24.8 Å². The zero-order chi connectivity index (χ0) is 13.3. The molecule has 2 rings (SSSR count). The van der Waals surface area contributed by atoms with Crippen LogP contribution in [0.2, 0.25) is 0 Å². The molecule has 1 saturated carbocycles. The molecule has 4 heteroatoms. The first-order valence-electron chi connectivity index (χ1n) is 6.30. The van der Waals surface area contributed by atoms with Crippen LogP contribution in [0.15, 0.2) is 12.1 Å². The van der Waals surface area contributed by atoms with Gasteiger partial charge in [-0.3, -0.25) is 0 Å². The molecule has 0 saturated heterocycles. The Balaban J connectivity index is 2.50. The van der Waals surface area contributed by atoms with Crippen LogP contribution >= 0.6 is 0 Å². The van der Waals surface area contributed by atoms with Crippen LogP contribution in [0, 0.1) is 5.82 Å². The number of hydrogen-bond acceptors (Lipinski definition) is 3. The maximum atomic E-state index is 13.6. The molecule has 18 heavy (non-hydrogen) atoms. The molecule has 0 aromatic heterocycles. The SMILES string of the molecule is COc1cc(F)cc(C2(N)CCC2)c1OC(C)C. The number of rotatable bonds is 4. The molecule has 1 aromatic carbocycles. The van der Waals surface area contributed by atoms with Gasteiger partial charge in [0.2, 0.25) is 0 Å². The fourth-order valence-electron chi connectivity index (χ4n) is 2.27. The minimum Gasteiger partial charge on any atom is -0.493 e. The Kier molecular flexibility index (Phi) is 3.48. The monoisotopic (exact) mass is 253 g/mol. The van der Waals surface area contributed by atoms with Crippen molar-refractivity contribution < 1.29 is 13.9 Å². The molecule has 0 heterocycles. The van der Waals surface area contributed by atoms with E-state index < -0.39 is 5.54 Å². The zero-order valence-electron chi connectivity index (χ0n) is 11.1. The minimum absolute atomic E-state index is 0.00760. The maximum absolute atomic E-state index is 13.6. The highest BCUT2D eigenvalue weighted by atomic mass is 19.1. The highest BCUT2D eigenvalue weighted by molar-refractivity contribution is 5.51. The van der Waals surface area contributed by atoms with Crippen LogP contribution in [0.5, 0.6) is 11.5 Å². The van der Waals surface area contributed by atoms with Crippen molar-refractivity contribution in [2.45, 2.75) is 44.8 Å². The van der Waals surface area contributed by atoms with Crippen LogP contribution in [0.1, 0.15) is 38.7 Å². The Morgan fingerprint density at radius 1 is 1.33 bits per heavy atom. The van der Waals surface area contributed by atoms with Crippen LogP contribution < -0.4 is 15.2 Å². The van der Waals surface area contributed by atoms with Crippen LogP contribution in [-0.2, 0) is 5.54 Å². The number of halogens is 1. The molecular weight excluding hydrogens is 233 g/mol. The molecule has 0 aliphatic heterocycles. The van der Waals surface area contributed by atoms with Gasteiger partial charge in [-0.1, -0.05) is 0 Å². The van der Waals surface area contributed by atoms with E-state index in [1.165, 1.54) is 19.2 Å². The summed E-state index contributed by atoms with van der Waals surface area (Å²) in [5.41, 5.74) is 6.54. The van der Waals surface area contributed by atoms with Gasteiger partial charge in [-0.2, -0.15) is 0 Å². The van der Waals surface area contributed by atoms with Gasteiger partial charge in [0.25, 0.3) is 0 Å². The fraction of sp³-hybridized carbons (Fsp3) is 0.571. The maximum Gasteiger partial charge on any atom is 0.166 e. The van der Waals surface area contributed by atoms with E-state index in [4.69, 9.17) is 15.2 Å². The zero-order valence-corrected chi connectivity index (χ0v) is 11.1. The Hall–Kier alpha value is -1.29. The molecule has 0 unspecified atom stereocenters. The Morgan fingerprint density at radius 2 is 2.00 bits per heavy atom. The molecular formula is C14H20FNO2. The molecule has 0 spiro atoms. The number of ether oxygens (including phenoxy) is 2. The van der Waals surface area contributed by atoms with E-state index in [1.54, 1.807) is 0 Å². The van der Waals surface area contributed by atoms with Gasteiger partial charge >= 0.3 is 0 Å². The van der Waals surface area contributed by atoms with Gasteiger partial charge in [0.1, 0.15) is 5.82 Å². The van der Waals surface area contributed by atoms with Crippen molar-refractivity contribution in [2.24, 2.45) is 5.73 Å². The average Bonchev–Trinajstić information content (AvgIpc) is 2.27. The van der Waals surface area contributed by atoms with Crippen molar-refractivity contribution in [1.29, 1.82) is 0 Å². The molecule has 3 nitrogen and oxygen atoms in total. The number of benzene rings is 1. The summed E-state index contributed by atoms with van der Waals surface area (Å²) in [5, 5.41) is 0. The van der Waals surface area contributed by atoms with Gasteiger partial charge in [0.05, 0.1) is 13.2 Å². The molecule has 2 N–H and O–H groups in total. The Bertz CT molecular complexity index is 442.